The summed E-state index contributed by atoms with van der Waals surface area (Å²) in [5.74, 6) is -2.21. The van der Waals surface area contributed by atoms with E-state index < -0.39 is 11.5 Å². The van der Waals surface area contributed by atoms with Crippen LogP contribution in [-0.2, 0) is 11.2 Å². The molecule has 1 N–H and O–H groups in total. The van der Waals surface area contributed by atoms with Gasteiger partial charge in [-0.25, -0.2) is 13.6 Å². The summed E-state index contributed by atoms with van der Waals surface area (Å²) in [5, 5.41) is 9.79. The summed E-state index contributed by atoms with van der Waals surface area (Å²) in [7, 11) is 0. The summed E-state index contributed by atoms with van der Waals surface area (Å²) in [4.78, 5) is 12.2. The molecule has 1 aromatic rings. The lowest BCUT2D eigenvalue weighted by atomic mass is 9.93. The Kier molecular flexibility index (Phi) is 4.54. The van der Waals surface area contributed by atoms with Gasteiger partial charge in [-0.2, -0.15) is 0 Å². The van der Waals surface area contributed by atoms with Gasteiger partial charge in [-0.3, -0.25) is 0 Å². The highest BCUT2D eigenvalue weighted by Crippen LogP contribution is 2.35. The predicted molar refractivity (Wildman–Crippen MR) is 90.6 cm³/mol. The maximum Gasteiger partial charge on any atom is 0.343 e. The lowest BCUT2D eigenvalue weighted by molar-refractivity contribution is -0.0694. The summed E-state index contributed by atoms with van der Waals surface area (Å²) in [5.41, 5.74) is 0.744. The number of halogens is 2. The average Bonchev–Trinajstić information content (AvgIpc) is 2.54. The molecule has 3 rings (SSSR count). The molecule has 4 nitrogen and oxygen atoms in total. The highest BCUT2D eigenvalue weighted by atomic mass is 19.3. The zero-order valence-electron chi connectivity index (χ0n) is 13.8. The molecule has 0 amide bonds. The summed E-state index contributed by atoms with van der Waals surface area (Å²) in [6.45, 7) is 7.26. The molecule has 6 heteroatoms. The Bertz CT molecular complexity index is 885. The maximum absolute atomic E-state index is 13.2. The molecule has 1 aromatic heterocycles. The molecule has 0 spiro atoms. The predicted octanol–water partition coefficient (Wildman–Crippen LogP) is 2.78. The monoisotopic (exact) mass is 350 g/mol. The van der Waals surface area contributed by atoms with Crippen molar-refractivity contribution in [2.75, 3.05) is 0 Å². The number of aliphatic hydroxyl groups is 1. The SMILES string of the molecule is C=C(O)/C=c1/oc(=O)c2c(c1=C)CCC(OC1CCC(F)(F)CC1)=C2. The van der Waals surface area contributed by atoms with E-state index in [1.165, 1.54) is 6.08 Å². The van der Waals surface area contributed by atoms with E-state index in [4.69, 9.17) is 9.15 Å². The van der Waals surface area contributed by atoms with E-state index in [0.717, 1.165) is 5.56 Å². The van der Waals surface area contributed by atoms with Gasteiger partial charge >= 0.3 is 5.63 Å². The maximum atomic E-state index is 13.2. The molecule has 2 aliphatic rings. The van der Waals surface area contributed by atoms with Crippen LogP contribution in [0.4, 0.5) is 8.78 Å². The van der Waals surface area contributed by atoms with Gasteiger partial charge in [0.15, 0.2) is 0 Å². The fraction of sp³-hybridized carbons (Fsp3) is 0.421. The zero-order valence-corrected chi connectivity index (χ0v) is 13.8. The lowest BCUT2D eigenvalue weighted by Gasteiger charge is -2.30. The van der Waals surface area contributed by atoms with E-state index in [9.17, 15) is 18.7 Å². The summed E-state index contributed by atoms with van der Waals surface area (Å²) in [6, 6.07) is 0. The summed E-state index contributed by atoms with van der Waals surface area (Å²) >= 11 is 0. The molecule has 1 saturated carbocycles. The largest absolute Gasteiger partial charge is 0.508 e. The first kappa shape index (κ1) is 17.5. The number of alkyl halides is 2. The van der Waals surface area contributed by atoms with E-state index in [0.29, 0.717) is 42.2 Å². The van der Waals surface area contributed by atoms with Crippen molar-refractivity contribution in [3.63, 3.8) is 0 Å². The summed E-state index contributed by atoms with van der Waals surface area (Å²) in [6.07, 6.45) is 3.99. The second-order valence-corrected chi connectivity index (χ2v) is 6.54. The minimum absolute atomic E-state index is 0.170. The van der Waals surface area contributed by atoms with Crippen LogP contribution in [0.3, 0.4) is 0 Å². The van der Waals surface area contributed by atoms with Crippen LogP contribution < -0.4 is 16.3 Å². The molecule has 25 heavy (non-hydrogen) atoms. The van der Waals surface area contributed by atoms with Crippen LogP contribution in [-0.4, -0.2) is 17.1 Å². The normalized spacial score (nSPS) is 20.7. The fourth-order valence-corrected chi connectivity index (χ4v) is 3.27. The van der Waals surface area contributed by atoms with Crippen molar-refractivity contribution >= 4 is 18.7 Å². The van der Waals surface area contributed by atoms with Gasteiger partial charge in [0.1, 0.15) is 11.2 Å². The third kappa shape index (κ3) is 3.83. The molecule has 0 saturated heterocycles. The standard InChI is InChI=1S/C19H20F2O4/c1-11(22)9-17-12(2)15-4-3-14(10-16(15)18(23)25-17)24-13-5-7-19(20,21)8-6-13/h9-10,13,22H,1-8H2/b17-9+. The van der Waals surface area contributed by atoms with Gasteiger partial charge in [-0.05, 0) is 30.9 Å². The van der Waals surface area contributed by atoms with Crippen molar-refractivity contribution in [2.45, 2.75) is 50.6 Å². The highest BCUT2D eigenvalue weighted by Gasteiger charge is 2.36. The van der Waals surface area contributed by atoms with Gasteiger partial charge in [0.25, 0.3) is 0 Å². The molecular weight excluding hydrogens is 330 g/mol. The minimum Gasteiger partial charge on any atom is -0.508 e. The average molecular weight is 350 g/mol. The molecule has 1 heterocycles. The van der Waals surface area contributed by atoms with Crippen molar-refractivity contribution in [1.82, 2.24) is 0 Å². The van der Waals surface area contributed by atoms with E-state index in [1.807, 2.05) is 0 Å². The van der Waals surface area contributed by atoms with Crippen LogP contribution in [0, 0.1) is 0 Å². The van der Waals surface area contributed by atoms with Crippen molar-refractivity contribution < 1.29 is 23.0 Å². The molecule has 0 aromatic carbocycles. The first-order chi connectivity index (χ1) is 11.7. The van der Waals surface area contributed by atoms with Crippen molar-refractivity contribution in [3.8, 4) is 0 Å². The van der Waals surface area contributed by atoms with Crippen LogP contribution in [0.15, 0.2) is 27.3 Å². The molecule has 0 atom stereocenters. The Morgan fingerprint density at radius 1 is 1.36 bits per heavy atom. The second-order valence-electron chi connectivity index (χ2n) is 6.54. The minimum atomic E-state index is -2.60. The Balaban J connectivity index is 1.86. The summed E-state index contributed by atoms with van der Waals surface area (Å²) < 4.78 is 37.5. The smallest absolute Gasteiger partial charge is 0.343 e. The van der Waals surface area contributed by atoms with E-state index in [2.05, 4.69) is 13.2 Å². The van der Waals surface area contributed by atoms with Crippen molar-refractivity contribution in [2.24, 2.45) is 0 Å². The van der Waals surface area contributed by atoms with Gasteiger partial charge < -0.3 is 14.3 Å². The fourth-order valence-electron chi connectivity index (χ4n) is 3.27. The molecule has 0 unspecified atom stereocenters. The number of ether oxygens (including phenoxy) is 1. The molecule has 0 aliphatic heterocycles. The molecule has 2 aliphatic carbocycles. The number of hydrogen-bond acceptors (Lipinski definition) is 4. The van der Waals surface area contributed by atoms with Crippen LogP contribution in [0.25, 0.3) is 18.7 Å². The third-order valence-electron chi connectivity index (χ3n) is 4.62. The molecule has 0 radical (unpaired) electrons. The number of hydrogen-bond donors (Lipinski definition) is 1. The Morgan fingerprint density at radius 2 is 2.04 bits per heavy atom. The van der Waals surface area contributed by atoms with E-state index in [-0.39, 0.29) is 30.1 Å². The van der Waals surface area contributed by atoms with Crippen molar-refractivity contribution in [3.05, 3.63) is 50.3 Å². The van der Waals surface area contributed by atoms with Crippen molar-refractivity contribution in [1.29, 1.82) is 0 Å². The van der Waals surface area contributed by atoms with E-state index >= 15 is 0 Å². The zero-order chi connectivity index (χ0) is 18.2. The molecule has 134 valence electrons. The molecule has 0 bridgehead atoms. The second kappa shape index (κ2) is 6.50. The Hall–Kier alpha value is -2.37. The number of aliphatic hydroxyl groups excluding tert-OH is 1. The molecular formula is C19H20F2O4. The first-order valence-corrected chi connectivity index (χ1v) is 8.25. The van der Waals surface area contributed by atoms with Crippen LogP contribution in [0.5, 0.6) is 0 Å². The Labute approximate surface area is 143 Å². The third-order valence-corrected chi connectivity index (χ3v) is 4.62. The number of fused-ring (bicyclic) bond motifs is 1. The lowest BCUT2D eigenvalue weighted by Crippen LogP contribution is -2.35. The van der Waals surface area contributed by atoms with Crippen LogP contribution >= 0.6 is 0 Å². The Morgan fingerprint density at radius 3 is 2.68 bits per heavy atom. The van der Waals surface area contributed by atoms with Crippen LogP contribution in [0.1, 0.15) is 43.2 Å². The van der Waals surface area contributed by atoms with Gasteiger partial charge in [0.05, 0.1) is 17.4 Å². The highest BCUT2D eigenvalue weighted by molar-refractivity contribution is 5.57. The first-order valence-electron chi connectivity index (χ1n) is 8.25. The quantitative estimate of drug-likeness (QED) is 0.852. The topological polar surface area (TPSA) is 59.7 Å². The number of allylic oxidation sites excluding steroid dienone is 2. The van der Waals surface area contributed by atoms with Gasteiger partial charge in [-0.1, -0.05) is 13.2 Å². The van der Waals surface area contributed by atoms with Crippen LogP contribution in [0.2, 0.25) is 0 Å². The molecule has 1 fully saturated rings. The number of rotatable bonds is 3. The van der Waals surface area contributed by atoms with E-state index in [1.54, 1.807) is 6.08 Å². The van der Waals surface area contributed by atoms with Gasteiger partial charge in [-0.15, -0.1) is 0 Å². The van der Waals surface area contributed by atoms with Gasteiger partial charge in [0.2, 0.25) is 5.92 Å². The van der Waals surface area contributed by atoms with Gasteiger partial charge in [0, 0.05) is 30.6 Å².